The van der Waals surface area contributed by atoms with Gasteiger partial charge in [-0.05, 0) is 291 Å². The van der Waals surface area contributed by atoms with E-state index in [0.29, 0.717) is 113 Å². The van der Waals surface area contributed by atoms with Crippen molar-refractivity contribution in [2.24, 2.45) is 0 Å². The van der Waals surface area contributed by atoms with Crippen LogP contribution in [0.5, 0.6) is 0 Å². The van der Waals surface area contributed by atoms with Gasteiger partial charge >= 0.3 is 0 Å². The number of amides is 5. The van der Waals surface area contributed by atoms with Crippen LogP contribution in [0.1, 0.15) is 413 Å². The van der Waals surface area contributed by atoms with Crippen LogP contribution in [0.15, 0.2) is 91.6 Å². The van der Waals surface area contributed by atoms with Crippen molar-refractivity contribution in [1.82, 2.24) is 73.5 Å². The number of methoxy groups -OCH3 is 3. The molecule has 28 nitrogen and oxygen atoms in total. The van der Waals surface area contributed by atoms with Crippen LogP contribution in [0.3, 0.4) is 0 Å². The van der Waals surface area contributed by atoms with Gasteiger partial charge in [0.05, 0.1) is 95.2 Å². The molecular weight excluding hydrogens is 1750 g/mol. The molecule has 7 fully saturated rings. The Bertz CT molecular complexity index is 5360. The van der Waals surface area contributed by atoms with E-state index in [1.807, 2.05) is 101 Å². The molecular formula is C111H163N15O13. The first-order chi connectivity index (χ1) is 67.5. The first kappa shape index (κ1) is 107. The zero-order valence-electron chi connectivity index (χ0n) is 86.2. The summed E-state index contributed by atoms with van der Waals surface area (Å²) < 4.78 is 55.6. The molecule has 7 aliphatic rings. The lowest BCUT2D eigenvalue weighted by atomic mass is 9.92. The van der Waals surface area contributed by atoms with Gasteiger partial charge in [-0.1, -0.05) is 94.4 Å². The third-order valence-corrected chi connectivity index (χ3v) is 28.4. The van der Waals surface area contributed by atoms with Crippen LogP contribution >= 0.6 is 0 Å². The molecule has 0 radical (unpaired) electrons. The molecule has 10 aromatic rings. The molecule has 7 saturated carbocycles. The number of hydrogen-bond donors (Lipinski definition) is 5. The number of ether oxygens (including phenoxy) is 8. The second-order valence-electron chi connectivity index (χ2n) is 40.5. The molecule has 10 heterocycles. The van der Waals surface area contributed by atoms with Gasteiger partial charge in [-0.3, -0.25) is 24.0 Å². The first-order valence-electron chi connectivity index (χ1n) is 53.0. The third-order valence-electron chi connectivity index (χ3n) is 28.4. The summed E-state index contributed by atoms with van der Waals surface area (Å²) in [6.45, 7) is 31.1. The summed E-state index contributed by atoms with van der Waals surface area (Å²) in [6.07, 6.45) is 48.0. The van der Waals surface area contributed by atoms with E-state index in [-0.39, 0.29) is 65.7 Å². The highest BCUT2D eigenvalue weighted by Crippen LogP contribution is 2.42. The molecule has 17 rings (SSSR count). The summed E-state index contributed by atoms with van der Waals surface area (Å²) in [5, 5.41) is 16.1. The maximum Gasteiger partial charge on any atom is 0.255 e. The minimum Gasteiger partial charge on any atom is -0.378 e. The molecule has 760 valence electrons. The summed E-state index contributed by atoms with van der Waals surface area (Å²) >= 11 is 0. The lowest BCUT2D eigenvalue weighted by molar-refractivity contribution is 0.0209. The SMILES string of the molecule is CCCCOC1CCC(NC(=O)c2ccn3c(C(C)C)cc(COC)nc23)CC1.CCCCOC1CCC(NC(=O)c2ccn3c(C)cc(COC)nc23)CC1.CCCCOC1CCC(NC(=O)c2ccn3c(C4CC4)cc(C)nc23)CC1.CCCCOC1CCC(NC(=O)c2ccn3c(C4CC4)cc(C)nc23)CC1.CCCCOC1CCC(NC(=O)c2ccn3c(COC)cc(C(C)C)nc23)CC1. The summed E-state index contributed by atoms with van der Waals surface area (Å²) in [7, 11) is 4.99. The number of rotatable bonds is 40. The molecule has 0 saturated heterocycles. The van der Waals surface area contributed by atoms with Crippen molar-refractivity contribution in [1.29, 1.82) is 0 Å². The first-order valence-corrected chi connectivity index (χ1v) is 53.0. The van der Waals surface area contributed by atoms with Crippen molar-refractivity contribution in [2.45, 2.75) is 406 Å². The highest BCUT2D eigenvalue weighted by atomic mass is 16.5. The van der Waals surface area contributed by atoms with E-state index < -0.39 is 0 Å². The molecule has 5 amide bonds. The Hall–Kier alpha value is -9.52. The minimum absolute atomic E-state index is 0.00713. The number of carbonyl (C=O) groups excluding carboxylic acids is 5. The van der Waals surface area contributed by atoms with E-state index >= 15 is 0 Å². The summed E-state index contributed by atoms with van der Waals surface area (Å²) in [5.74, 6) is 1.74. The van der Waals surface area contributed by atoms with Crippen LogP contribution < -0.4 is 26.6 Å². The molecule has 0 aromatic carbocycles. The van der Waals surface area contributed by atoms with Gasteiger partial charge in [-0.2, -0.15) is 0 Å². The maximum atomic E-state index is 13.0. The average Bonchev–Trinajstić information content (AvgIpc) is 1.61. The Morgan fingerprint density at radius 3 is 0.899 bits per heavy atom. The maximum absolute atomic E-state index is 13.0. The largest absolute Gasteiger partial charge is 0.378 e. The molecule has 0 unspecified atom stereocenters. The van der Waals surface area contributed by atoms with Crippen LogP contribution in [-0.4, -0.2) is 192 Å². The molecule has 139 heavy (non-hydrogen) atoms. The van der Waals surface area contributed by atoms with Crippen LogP contribution in [-0.2, 0) is 57.7 Å². The fraction of sp³-hybridized carbons (Fsp3) is 0.640. The van der Waals surface area contributed by atoms with Crippen molar-refractivity contribution in [3.63, 3.8) is 0 Å². The van der Waals surface area contributed by atoms with Crippen molar-refractivity contribution < 1.29 is 61.9 Å². The predicted molar refractivity (Wildman–Crippen MR) is 546 cm³/mol. The molecule has 7 aliphatic carbocycles. The van der Waals surface area contributed by atoms with Crippen LogP contribution in [0, 0.1) is 20.8 Å². The number of nitrogens with one attached hydrogen (secondary N) is 5. The number of aryl methyl sites for hydroxylation is 3. The number of carbonyl (C=O) groups is 5. The van der Waals surface area contributed by atoms with Crippen molar-refractivity contribution in [3.05, 3.63) is 176 Å². The summed E-state index contributed by atoms with van der Waals surface area (Å²) in [5.41, 5.74) is 17.4. The van der Waals surface area contributed by atoms with E-state index in [2.05, 4.69) is 137 Å². The second-order valence-corrected chi connectivity index (χ2v) is 40.5. The normalized spacial score (nSPS) is 21.0. The molecule has 5 N–H and O–H groups in total. The van der Waals surface area contributed by atoms with Crippen molar-refractivity contribution in [3.8, 4) is 0 Å². The highest BCUT2D eigenvalue weighted by Gasteiger charge is 2.35. The molecule has 0 bridgehead atoms. The standard InChI is InChI=1S/2C23H35N3O3.2C22H31N3O2.C21H31N3O3/c1-5-6-13-29-19-9-7-17(8-10-19)25-23(27)20-11-12-26-21(16(2)3)14-18(15-28-4)24-22(20)26;1-5-6-13-29-19-9-7-17(8-10-19)24-23(27)20-11-12-26-18(15-28-4)14-21(16(2)3)25-22(20)26;2*1-3-4-13-27-18-9-7-17(8-10-18)24-22(26)19-11-12-25-20(16-5-6-16)14-15(2)23-21(19)25;1-4-5-12-27-18-8-6-16(7-9-18)23-21(25)19-10-11-24-15(2)13-17(14-26-3)22-20(19)24/h11-12,14,16-17,19H,5-10,13,15H2,1-4H3,(H,25,27);11-12,14,16-17,19H,5-10,13,15H2,1-4H3,(H,24,27);2*11-12,14,16-18H,3-10,13H2,1-2H3,(H,24,26);10-11,13,16,18H,4-9,12,14H2,1-3H3,(H,23,25). The molecule has 28 heteroatoms. The summed E-state index contributed by atoms with van der Waals surface area (Å²) in [6, 6.07) is 20.9. The van der Waals surface area contributed by atoms with Crippen molar-refractivity contribution in [2.75, 3.05) is 54.4 Å². The van der Waals surface area contributed by atoms with Gasteiger partial charge in [0.25, 0.3) is 29.5 Å². The van der Waals surface area contributed by atoms with Gasteiger partial charge < -0.3 is 86.5 Å². The lowest BCUT2D eigenvalue weighted by Crippen LogP contribution is -2.39. The second kappa shape index (κ2) is 53.5. The molecule has 10 aromatic heterocycles. The molecule has 0 aliphatic heterocycles. The number of aromatic nitrogens is 10. The van der Waals surface area contributed by atoms with Gasteiger partial charge in [0, 0.05) is 155 Å². The van der Waals surface area contributed by atoms with Gasteiger partial charge in [0.1, 0.15) is 28.2 Å². The third kappa shape index (κ3) is 30.1. The topological polar surface area (TPSA) is 306 Å². The Morgan fingerprint density at radius 2 is 0.604 bits per heavy atom. The Morgan fingerprint density at radius 1 is 0.324 bits per heavy atom. The Labute approximate surface area is 825 Å². The van der Waals surface area contributed by atoms with Crippen LogP contribution in [0.25, 0.3) is 28.2 Å². The zero-order chi connectivity index (χ0) is 98.4. The van der Waals surface area contributed by atoms with E-state index in [4.69, 9.17) is 47.9 Å². The number of nitrogens with zero attached hydrogens (tertiary/aromatic N) is 10. The Kier molecular flexibility index (Phi) is 41.1. The lowest BCUT2D eigenvalue weighted by Gasteiger charge is -2.29. The smallest absolute Gasteiger partial charge is 0.255 e. The van der Waals surface area contributed by atoms with Gasteiger partial charge in [-0.25, -0.2) is 24.9 Å². The highest BCUT2D eigenvalue weighted by molar-refractivity contribution is 6.03. The Balaban J connectivity index is 0.000000147. The van der Waals surface area contributed by atoms with E-state index in [9.17, 15) is 24.0 Å². The van der Waals surface area contributed by atoms with E-state index in [0.717, 1.165) is 270 Å². The number of unbranched alkanes of at least 4 members (excludes halogenated alkanes) is 5. The van der Waals surface area contributed by atoms with Gasteiger partial charge in [0.2, 0.25) is 0 Å². The van der Waals surface area contributed by atoms with E-state index in [1.165, 1.54) is 49.9 Å². The average molecular weight is 1920 g/mol. The minimum atomic E-state index is -0.0469. The molecule has 0 spiro atoms. The van der Waals surface area contributed by atoms with E-state index in [1.54, 1.807) is 21.3 Å². The number of hydrogen-bond acceptors (Lipinski definition) is 18. The van der Waals surface area contributed by atoms with Gasteiger partial charge in [0.15, 0.2) is 0 Å². The van der Waals surface area contributed by atoms with Crippen molar-refractivity contribution >= 4 is 57.8 Å². The monoisotopic (exact) mass is 1910 g/mol. The predicted octanol–water partition coefficient (Wildman–Crippen LogP) is 21.3. The zero-order valence-corrected chi connectivity index (χ0v) is 86.2. The number of fused-ring (bicyclic) bond motifs is 5. The quantitative estimate of drug-likeness (QED) is 0.0223. The fourth-order valence-electron chi connectivity index (χ4n) is 20.0. The van der Waals surface area contributed by atoms with Gasteiger partial charge in [-0.15, -0.1) is 0 Å². The fourth-order valence-corrected chi connectivity index (χ4v) is 20.0. The van der Waals surface area contributed by atoms with Crippen LogP contribution in [0.2, 0.25) is 0 Å². The molecule has 0 atom stereocenters. The summed E-state index contributed by atoms with van der Waals surface area (Å²) in [4.78, 5) is 88.0. The van der Waals surface area contributed by atoms with Crippen LogP contribution in [0.4, 0.5) is 0 Å².